The van der Waals surface area contributed by atoms with Gasteiger partial charge in [0.15, 0.2) is 11.6 Å². The minimum Gasteiger partial charge on any atom is -0.494 e. The van der Waals surface area contributed by atoms with Crippen molar-refractivity contribution in [3.63, 3.8) is 0 Å². The van der Waals surface area contributed by atoms with E-state index in [4.69, 9.17) is 9.47 Å². The van der Waals surface area contributed by atoms with E-state index in [1.807, 2.05) is 6.92 Å². The smallest absolute Gasteiger partial charge is 0.169 e. The van der Waals surface area contributed by atoms with Crippen LogP contribution in [0.5, 0.6) is 5.75 Å². The Kier molecular flexibility index (Phi) is 6.39. The van der Waals surface area contributed by atoms with Gasteiger partial charge >= 0.3 is 0 Å². The molecule has 0 saturated heterocycles. The average Bonchev–Trinajstić information content (AvgIpc) is 2.35. The summed E-state index contributed by atoms with van der Waals surface area (Å²) in [5.74, 6) is -0.0387. The first-order valence-corrected chi connectivity index (χ1v) is 5.89. The Balaban J connectivity index is 2.29. The van der Waals surface area contributed by atoms with Crippen molar-refractivity contribution >= 4 is 0 Å². The van der Waals surface area contributed by atoms with E-state index in [-0.39, 0.29) is 11.6 Å². The van der Waals surface area contributed by atoms with Crippen molar-refractivity contribution in [1.82, 2.24) is 5.32 Å². The van der Waals surface area contributed by atoms with Gasteiger partial charge in [-0.2, -0.15) is 0 Å². The van der Waals surface area contributed by atoms with Crippen LogP contribution < -0.4 is 10.1 Å². The molecule has 0 saturated carbocycles. The maximum absolute atomic E-state index is 13.7. The summed E-state index contributed by atoms with van der Waals surface area (Å²) in [7, 11) is 1.46. The van der Waals surface area contributed by atoms with E-state index in [9.17, 15) is 4.39 Å². The standard InChI is InChI=1S/C14H20FNO2/c1-11(2)10-18-8-7-16-9-12-5-4-6-13(17-3)14(12)15/h4-6,16H,1,7-10H2,2-3H3. The molecule has 0 aliphatic rings. The van der Waals surface area contributed by atoms with Gasteiger partial charge in [0.1, 0.15) is 0 Å². The lowest BCUT2D eigenvalue weighted by Gasteiger charge is -2.09. The van der Waals surface area contributed by atoms with Crippen molar-refractivity contribution in [3.05, 3.63) is 41.7 Å². The first kappa shape index (κ1) is 14.7. The molecule has 1 N–H and O–H groups in total. The Morgan fingerprint density at radius 3 is 2.89 bits per heavy atom. The summed E-state index contributed by atoms with van der Waals surface area (Å²) in [5, 5.41) is 3.12. The fourth-order valence-corrected chi connectivity index (χ4v) is 1.46. The molecule has 1 rings (SSSR count). The highest BCUT2D eigenvalue weighted by Gasteiger charge is 2.07. The van der Waals surface area contributed by atoms with Gasteiger partial charge in [-0.3, -0.25) is 0 Å². The molecular weight excluding hydrogens is 233 g/mol. The molecule has 18 heavy (non-hydrogen) atoms. The molecule has 0 amide bonds. The third-order valence-electron chi connectivity index (χ3n) is 2.35. The van der Waals surface area contributed by atoms with Crippen molar-refractivity contribution in [2.45, 2.75) is 13.5 Å². The van der Waals surface area contributed by atoms with Gasteiger partial charge in [0.05, 0.1) is 20.3 Å². The topological polar surface area (TPSA) is 30.5 Å². The van der Waals surface area contributed by atoms with Gasteiger partial charge in [-0.25, -0.2) is 4.39 Å². The normalized spacial score (nSPS) is 10.4. The zero-order valence-corrected chi connectivity index (χ0v) is 11.0. The maximum Gasteiger partial charge on any atom is 0.169 e. The largest absolute Gasteiger partial charge is 0.494 e. The molecule has 0 radical (unpaired) electrons. The van der Waals surface area contributed by atoms with Crippen molar-refractivity contribution in [1.29, 1.82) is 0 Å². The zero-order valence-electron chi connectivity index (χ0n) is 11.0. The molecule has 0 fully saturated rings. The molecule has 0 unspecified atom stereocenters. The zero-order chi connectivity index (χ0) is 13.4. The van der Waals surface area contributed by atoms with E-state index in [1.165, 1.54) is 7.11 Å². The predicted molar refractivity (Wildman–Crippen MR) is 70.3 cm³/mol. The molecule has 3 nitrogen and oxygen atoms in total. The van der Waals surface area contributed by atoms with Crippen LogP contribution in [0.2, 0.25) is 0 Å². The number of nitrogens with one attached hydrogen (secondary N) is 1. The molecular formula is C14H20FNO2. The van der Waals surface area contributed by atoms with Crippen molar-refractivity contribution < 1.29 is 13.9 Å². The molecule has 0 aliphatic carbocycles. The van der Waals surface area contributed by atoms with Crippen LogP contribution in [0, 0.1) is 5.82 Å². The van der Waals surface area contributed by atoms with Crippen LogP contribution in [-0.2, 0) is 11.3 Å². The van der Waals surface area contributed by atoms with Gasteiger partial charge in [-0.1, -0.05) is 24.3 Å². The summed E-state index contributed by atoms with van der Waals surface area (Å²) < 4.78 is 24.0. The van der Waals surface area contributed by atoms with Gasteiger partial charge in [0, 0.05) is 18.7 Å². The average molecular weight is 253 g/mol. The van der Waals surface area contributed by atoms with Crippen molar-refractivity contribution in [2.75, 3.05) is 26.9 Å². The molecule has 0 aromatic heterocycles. The van der Waals surface area contributed by atoms with E-state index in [2.05, 4.69) is 11.9 Å². The van der Waals surface area contributed by atoms with Gasteiger partial charge in [-0.05, 0) is 13.0 Å². The highest BCUT2D eigenvalue weighted by molar-refractivity contribution is 5.30. The molecule has 0 heterocycles. The number of methoxy groups -OCH3 is 1. The molecule has 1 aromatic rings. The second-order valence-corrected chi connectivity index (χ2v) is 4.12. The minimum atomic E-state index is -0.310. The fourth-order valence-electron chi connectivity index (χ4n) is 1.46. The Labute approximate surface area is 108 Å². The quantitative estimate of drug-likeness (QED) is 0.570. The van der Waals surface area contributed by atoms with Gasteiger partial charge in [0.25, 0.3) is 0 Å². The van der Waals surface area contributed by atoms with Gasteiger partial charge in [0.2, 0.25) is 0 Å². The first-order valence-electron chi connectivity index (χ1n) is 5.89. The highest BCUT2D eigenvalue weighted by Crippen LogP contribution is 2.19. The minimum absolute atomic E-state index is 0.271. The predicted octanol–water partition coefficient (Wildman–Crippen LogP) is 2.52. The SMILES string of the molecule is C=C(C)COCCNCc1cccc(OC)c1F. The lowest BCUT2D eigenvalue weighted by Crippen LogP contribution is -2.20. The monoisotopic (exact) mass is 253 g/mol. The van der Waals surface area contributed by atoms with E-state index >= 15 is 0 Å². The second kappa shape index (κ2) is 7.84. The van der Waals surface area contributed by atoms with E-state index in [0.29, 0.717) is 31.9 Å². The number of benzene rings is 1. The fraction of sp³-hybridized carbons (Fsp3) is 0.429. The molecule has 1 aromatic carbocycles. The summed E-state index contributed by atoms with van der Waals surface area (Å²) in [6.45, 7) is 7.93. The first-order chi connectivity index (χ1) is 8.65. The van der Waals surface area contributed by atoms with E-state index in [1.54, 1.807) is 18.2 Å². The third kappa shape index (κ3) is 4.85. The molecule has 0 bridgehead atoms. The van der Waals surface area contributed by atoms with E-state index < -0.39 is 0 Å². The van der Waals surface area contributed by atoms with Crippen LogP contribution in [-0.4, -0.2) is 26.9 Å². The third-order valence-corrected chi connectivity index (χ3v) is 2.35. The lowest BCUT2D eigenvalue weighted by atomic mass is 10.2. The number of hydrogen-bond acceptors (Lipinski definition) is 3. The van der Waals surface area contributed by atoms with Crippen LogP contribution in [0.4, 0.5) is 4.39 Å². The van der Waals surface area contributed by atoms with Crippen LogP contribution in [0.3, 0.4) is 0 Å². The van der Waals surface area contributed by atoms with Crippen LogP contribution in [0.1, 0.15) is 12.5 Å². The van der Waals surface area contributed by atoms with E-state index in [0.717, 1.165) is 5.57 Å². The molecule has 0 atom stereocenters. The second-order valence-electron chi connectivity index (χ2n) is 4.12. The van der Waals surface area contributed by atoms with Gasteiger partial charge < -0.3 is 14.8 Å². The number of rotatable bonds is 8. The summed E-state index contributed by atoms with van der Waals surface area (Å²) in [5.41, 5.74) is 1.59. The number of ether oxygens (including phenoxy) is 2. The molecule has 0 aliphatic heterocycles. The van der Waals surface area contributed by atoms with Crippen molar-refractivity contribution in [3.8, 4) is 5.75 Å². The lowest BCUT2D eigenvalue weighted by molar-refractivity contribution is 0.157. The van der Waals surface area contributed by atoms with Crippen LogP contribution >= 0.6 is 0 Å². The highest BCUT2D eigenvalue weighted by atomic mass is 19.1. The molecule has 4 heteroatoms. The Bertz CT molecular complexity index is 393. The Hall–Kier alpha value is -1.39. The van der Waals surface area contributed by atoms with Crippen molar-refractivity contribution in [2.24, 2.45) is 0 Å². The summed E-state index contributed by atoms with van der Waals surface area (Å²) in [6, 6.07) is 5.12. The summed E-state index contributed by atoms with van der Waals surface area (Å²) >= 11 is 0. The van der Waals surface area contributed by atoms with Crippen LogP contribution in [0.15, 0.2) is 30.4 Å². The number of halogens is 1. The molecule has 100 valence electrons. The molecule has 0 spiro atoms. The Morgan fingerprint density at radius 2 is 2.22 bits per heavy atom. The summed E-state index contributed by atoms with van der Waals surface area (Å²) in [6.07, 6.45) is 0. The maximum atomic E-state index is 13.7. The van der Waals surface area contributed by atoms with Gasteiger partial charge in [-0.15, -0.1) is 0 Å². The summed E-state index contributed by atoms with van der Waals surface area (Å²) in [4.78, 5) is 0. The van der Waals surface area contributed by atoms with Crippen LogP contribution in [0.25, 0.3) is 0 Å². The number of hydrogen-bond donors (Lipinski definition) is 1. The Morgan fingerprint density at radius 1 is 1.44 bits per heavy atom.